The van der Waals surface area contributed by atoms with Crippen LogP contribution in [-0.4, -0.2) is 49.7 Å². The number of rotatable bonds is 3. The molecule has 0 radical (unpaired) electrons. The van der Waals surface area contributed by atoms with Gasteiger partial charge in [0.1, 0.15) is 5.82 Å². The highest BCUT2D eigenvalue weighted by Gasteiger charge is 2.30. The number of piperazine rings is 1. The third-order valence-corrected chi connectivity index (χ3v) is 6.44. The molecule has 5 nitrogen and oxygen atoms in total. The van der Waals surface area contributed by atoms with Crippen LogP contribution in [0.1, 0.15) is 10.4 Å². The maximum absolute atomic E-state index is 13.0. The summed E-state index contributed by atoms with van der Waals surface area (Å²) in [4.78, 5) is 14.2. The highest BCUT2D eigenvalue weighted by atomic mass is 79.9. The van der Waals surface area contributed by atoms with E-state index in [0.29, 0.717) is 23.1 Å². The summed E-state index contributed by atoms with van der Waals surface area (Å²) in [5.74, 6) is -0.624. The number of carbonyl (C=O) groups excluding carboxylic acids is 1. The monoisotopic (exact) mass is 426 g/mol. The van der Waals surface area contributed by atoms with Gasteiger partial charge in [0.15, 0.2) is 0 Å². The fourth-order valence-electron chi connectivity index (χ4n) is 2.68. The molecule has 1 amide bonds. The van der Waals surface area contributed by atoms with E-state index in [-0.39, 0.29) is 23.9 Å². The van der Waals surface area contributed by atoms with Gasteiger partial charge in [-0.05, 0) is 42.5 Å². The summed E-state index contributed by atoms with van der Waals surface area (Å²) in [5.41, 5.74) is 0.393. The van der Waals surface area contributed by atoms with Crippen molar-refractivity contribution < 1.29 is 17.6 Å². The minimum Gasteiger partial charge on any atom is -0.336 e. The molecule has 0 aromatic heterocycles. The Bertz CT molecular complexity index is 879. The van der Waals surface area contributed by atoms with Crippen LogP contribution in [0.15, 0.2) is 57.9 Å². The van der Waals surface area contributed by atoms with E-state index in [0.717, 1.165) is 0 Å². The molecule has 0 unspecified atom stereocenters. The predicted molar refractivity (Wildman–Crippen MR) is 95.2 cm³/mol. The molecule has 2 aromatic carbocycles. The molecule has 0 aliphatic carbocycles. The molecule has 25 heavy (non-hydrogen) atoms. The summed E-state index contributed by atoms with van der Waals surface area (Å²) in [5, 5.41) is 0. The molecule has 8 heteroatoms. The van der Waals surface area contributed by atoms with Crippen molar-refractivity contribution in [2.24, 2.45) is 0 Å². The summed E-state index contributed by atoms with van der Waals surface area (Å²) >= 11 is 3.28. The van der Waals surface area contributed by atoms with Gasteiger partial charge in [0, 0.05) is 36.2 Å². The van der Waals surface area contributed by atoms with Crippen molar-refractivity contribution in [3.05, 3.63) is 64.4 Å². The second-order valence-electron chi connectivity index (χ2n) is 5.66. The molecule has 0 atom stereocenters. The van der Waals surface area contributed by atoms with Crippen molar-refractivity contribution in [3.8, 4) is 0 Å². The number of halogens is 2. The van der Waals surface area contributed by atoms with Gasteiger partial charge < -0.3 is 4.90 Å². The largest absolute Gasteiger partial charge is 0.336 e. The first-order valence-electron chi connectivity index (χ1n) is 7.68. The topological polar surface area (TPSA) is 57.7 Å². The molecular weight excluding hydrogens is 411 g/mol. The van der Waals surface area contributed by atoms with E-state index in [1.807, 2.05) is 0 Å². The van der Waals surface area contributed by atoms with E-state index in [9.17, 15) is 17.6 Å². The Kier molecular flexibility index (Phi) is 5.21. The van der Waals surface area contributed by atoms with E-state index in [1.165, 1.54) is 28.6 Å². The van der Waals surface area contributed by atoms with Crippen LogP contribution in [0.25, 0.3) is 0 Å². The molecule has 0 N–H and O–H groups in total. The maximum atomic E-state index is 13.0. The van der Waals surface area contributed by atoms with Crippen molar-refractivity contribution in [1.82, 2.24) is 9.21 Å². The van der Waals surface area contributed by atoms with Crippen molar-refractivity contribution in [1.29, 1.82) is 0 Å². The lowest BCUT2D eigenvalue weighted by Gasteiger charge is -2.34. The lowest BCUT2D eigenvalue weighted by atomic mass is 10.2. The number of hydrogen-bond acceptors (Lipinski definition) is 3. The Labute approximate surface area is 154 Å². The van der Waals surface area contributed by atoms with Crippen molar-refractivity contribution in [2.45, 2.75) is 4.90 Å². The molecular formula is C17H16BrFN2O3S. The van der Waals surface area contributed by atoms with Crippen LogP contribution in [0.2, 0.25) is 0 Å². The fraction of sp³-hybridized carbons (Fsp3) is 0.235. The van der Waals surface area contributed by atoms with Crippen LogP contribution in [0.5, 0.6) is 0 Å². The SMILES string of the molecule is O=C(c1ccc(F)cc1)N1CCN(S(=O)(=O)c2cccc(Br)c2)CC1. The quantitative estimate of drug-likeness (QED) is 0.757. The van der Waals surface area contributed by atoms with Crippen molar-refractivity contribution in [2.75, 3.05) is 26.2 Å². The lowest BCUT2D eigenvalue weighted by molar-refractivity contribution is 0.0698. The van der Waals surface area contributed by atoms with E-state index in [4.69, 9.17) is 0 Å². The third kappa shape index (κ3) is 3.91. The smallest absolute Gasteiger partial charge is 0.253 e. The summed E-state index contributed by atoms with van der Waals surface area (Å²) in [6, 6.07) is 11.9. The van der Waals surface area contributed by atoms with Gasteiger partial charge in [0.2, 0.25) is 10.0 Å². The van der Waals surface area contributed by atoms with Gasteiger partial charge in [0.05, 0.1) is 4.90 Å². The van der Waals surface area contributed by atoms with Crippen LogP contribution in [-0.2, 0) is 10.0 Å². The van der Waals surface area contributed by atoms with Gasteiger partial charge in [-0.3, -0.25) is 4.79 Å². The molecule has 0 bridgehead atoms. The third-order valence-electron chi connectivity index (χ3n) is 4.05. The highest BCUT2D eigenvalue weighted by molar-refractivity contribution is 9.10. The standard InChI is InChI=1S/C17H16BrFN2O3S/c18-14-2-1-3-16(12-14)25(23,24)21-10-8-20(9-11-21)17(22)13-4-6-15(19)7-5-13/h1-7,12H,8-11H2. The highest BCUT2D eigenvalue weighted by Crippen LogP contribution is 2.21. The second-order valence-corrected chi connectivity index (χ2v) is 8.51. The molecule has 3 rings (SSSR count). The number of hydrogen-bond donors (Lipinski definition) is 0. The van der Waals surface area contributed by atoms with E-state index >= 15 is 0 Å². The van der Waals surface area contributed by atoms with Gasteiger partial charge in [-0.15, -0.1) is 0 Å². The zero-order valence-corrected chi connectivity index (χ0v) is 15.6. The molecule has 1 saturated heterocycles. The molecule has 2 aromatic rings. The van der Waals surface area contributed by atoms with Crippen LogP contribution < -0.4 is 0 Å². The number of amides is 1. The average molecular weight is 427 g/mol. The summed E-state index contributed by atoms with van der Waals surface area (Å²) in [7, 11) is -3.59. The molecule has 0 spiro atoms. The van der Waals surface area contributed by atoms with Crippen LogP contribution in [0, 0.1) is 5.82 Å². The lowest BCUT2D eigenvalue weighted by Crippen LogP contribution is -2.50. The Hall–Kier alpha value is -1.77. The van der Waals surface area contributed by atoms with Gasteiger partial charge in [-0.25, -0.2) is 12.8 Å². The van der Waals surface area contributed by atoms with Crippen molar-refractivity contribution in [3.63, 3.8) is 0 Å². The van der Waals surface area contributed by atoms with E-state index in [2.05, 4.69) is 15.9 Å². The Morgan fingerprint density at radius 3 is 2.24 bits per heavy atom. The van der Waals surface area contributed by atoms with Crippen LogP contribution in [0.4, 0.5) is 4.39 Å². The molecule has 1 aliphatic heterocycles. The first kappa shape index (κ1) is 18.0. The zero-order chi connectivity index (χ0) is 18.0. The molecule has 0 saturated carbocycles. The summed E-state index contributed by atoms with van der Waals surface area (Å²) in [6.07, 6.45) is 0. The number of carbonyl (C=O) groups is 1. The fourth-order valence-corrected chi connectivity index (χ4v) is 4.70. The number of benzene rings is 2. The average Bonchev–Trinajstić information content (AvgIpc) is 2.62. The van der Waals surface area contributed by atoms with Crippen LogP contribution >= 0.6 is 15.9 Å². The Morgan fingerprint density at radius 1 is 1.00 bits per heavy atom. The molecule has 1 aliphatic rings. The Morgan fingerprint density at radius 2 is 1.64 bits per heavy atom. The summed E-state index contributed by atoms with van der Waals surface area (Å²) < 4.78 is 40.4. The second kappa shape index (κ2) is 7.23. The molecule has 132 valence electrons. The Balaban J connectivity index is 1.69. The predicted octanol–water partition coefficient (Wildman–Crippen LogP) is 2.73. The molecule has 1 fully saturated rings. The van der Waals surface area contributed by atoms with Gasteiger partial charge in [-0.2, -0.15) is 4.31 Å². The van der Waals surface area contributed by atoms with Crippen molar-refractivity contribution >= 4 is 31.9 Å². The van der Waals surface area contributed by atoms with Gasteiger partial charge in [-0.1, -0.05) is 22.0 Å². The van der Waals surface area contributed by atoms with Gasteiger partial charge >= 0.3 is 0 Å². The van der Waals surface area contributed by atoms with E-state index in [1.54, 1.807) is 29.2 Å². The number of nitrogens with zero attached hydrogens (tertiary/aromatic N) is 2. The minimum absolute atomic E-state index is 0.222. The first-order valence-corrected chi connectivity index (χ1v) is 9.92. The van der Waals surface area contributed by atoms with Crippen LogP contribution in [0.3, 0.4) is 0 Å². The molecule has 1 heterocycles. The van der Waals surface area contributed by atoms with E-state index < -0.39 is 15.8 Å². The first-order chi connectivity index (χ1) is 11.9. The summed E-state index contributed by atoms with van der Waals surface area (Å²) in [6.45, 7) is 1.04. The number of sulfonamides is 1. The maximum Gasteiger partial charge on any atom is 0.253 e. The zero-order valence-electron chi connectivity index (χ0n) is 13.2. The minimum atomic E-state index is -3.59. The normalized spacial score (nSPS) is 16.0. The van der Waals surface area contributed by atoms with Gasteiger partial charge in [0.25, 0.3) is 5.91 Å².